The number of rotatable bonds is 4. The first-order valence-electron chi connectivity index (χ1n) is 6.03. The Balaban J connectivity index is 2.44. The highest BCUT2D eigenvalue weighted by Gasteiger charge is 2.19. The van der Waals surface area contributed by atoms with E-state index in [-0.39, 0.29) is 6.04 Å². The predicted molar refractivity (Wildman–Crippen MR) is 75.6 cm³/mol. The molecule has 0 aliphatic rings. The zero-order valence-electron chi connectivity index (χ0n) is 10.8. The number of nitrogens with zero attached hydrogens (tertiary/aromatic N) is 1. The fraction of sp³-hybridized carbons (Fsp3) is 0.357. The summed E-state index contributed by atoms with van der Waals surface area (Å²) < 4.78 is 6.57. The van der Waals surface area contributed by atoms with Crippen molar-refractivity contribution >= 4 is 15.9 Å². The zero-order valence-corrected chi connectivity index (χ0v) is 12.4. The highest BCUT2D eigenvalue weighted by Crippen LogP contribution is 2.30. The van der Waals surface area contributed by atoms with E-state index in [0.29, 0.717) is 0 Å². The molecule has 0 fully saturated rings. The number of nitrogens with one attached hydrogen (secondary N) is 1. The highest BCUT2D eigenvalue weighted by molar-refractivity contribution is 9.10. The average molecular weight is 309 g/mol. The van der Waals surface area contributed by atoms with Crippen molar-refractivity contribution in [2.24, 2.45) is 0 Å². The van der Waals surface area contributed by atoms with Gasteiger partial charge < -0.3 is 9.73 Å². The van der Waals surface area contributed by atoms with E-state index >= 15 is 0 Å². The largest absolute Gasteiger partial charge is 0.466 e. The van der Waals surface area contributed by atoms with E-state index in [1.807, 2.05) is 19.9 Å². The summed E-state index contributed by atoms with van der Waals surface area (Å²) in [5, 5.41) is 3.45. The normalized spacial score (nSPS) is 12.7. The summed E-state index contributed by atoms with van der Waals surface area (Å²) in [5.41, 5.74) is 3.23. The van der Waals surface area contributed by atoms with Crippen molar-refractivity contribution in [3.63, 3.8) is 0 Å². The van der Waals surface area contributed by atoms with Gasteiger partial charge in [-0.1, -0.05) is 6.92 Å². The molecule has 2 aromatic rings. The van der Waals surface area contributed by atoms with Crippen LogP contribution in [0.25, 0.3) is 0 Å². The lowest BCUT2D eigenvalue weighted by atomic mass is 10.0. The topological polar surface area (TPSA) is 38.1 Å². The molecule has 18 heavy (non-hydrogen) atoms. The van der Waals surface area contributed by atoms with E-state index in [4.69, 9.17) is 4.42 Å². The van der Waals surface area contributed by atoms with Crippen LogP contribution in [0, 0.1) is 13.8 Å². The highest BCUT2D eigenvalue weighted by atomic mass is 79.9. The minimum absolute atomic E-state index is 0.0553. The van der Waals surface area contributed by atoms with Crippen LogP contribution in [0.2, 0.25) is 0 Å². The number of hydrogen-bond donors (Lipinski definition) is 1. The SMILES string of the molecule is CCNC(c1cc(C)nc(C)c1)c1occc1Br. The quantitative estimate of drug-likeness (QED) is 0.934. The van der Waals surface area contributed by atoms with Gasteiger partial charge >= 0.3 is 0 Å². The van der Waals surface area contributed by atoms with Crippen LogP contribution in [0.5, 0.6) is 0 Å². The molecule has 96 valence electrons. The second kappa shape index (κ2) is 5.67. The standard InChI is InChI=1S/C14H17BrN2O/c1-4-16-13(14-12(15)5-6-18-14)11-7-9(2)17-10(3)8-11/h5-8,13,16H,4H2,1-3H3. The molecule has 2 rings (SSSR count). The van der Waals surface area contributed by atoms with Gasteiger partial charge in [-0.3, -0.25) is 4.98 Å². The van der Waals surface area contributed by atoms with Crippen molar-refractivity contribution in [3.8, 4) is 0 Å². The Morgan fingerprint density at radius 2 is 2.00 bits per heavy atom. The zero-order chi connectivity index (χ0) is 13.1. The van der Waals surface area contributed by atoms with Gasteiger partial charge in [0.1, 0.15) is 5.76 Å². The van der Waals surface area contributed by atoms with E-state index in [1.165, 1.54) is 5.56 Å². The number of pyridine rings is 1. The molecule has 0 saturated carbocycles. The molecule has 2 heterocycles. The minimum atomic E-state index is 0.0553. The molecule has 0 bridgehead atoms. The van der Waals surface area contributed by atoms with Crippen molar-refractivity contribution in [2.75, 3.05) is 6.54 Å². The Bertz CT molecular complexity index is 516. The summed E-state index contributed by atoms with van der Waals surface area (Å²) in [6.07, 6.45) is 1.70. The van der Waals surface area contributed by atoms with Gasteiger partial charge in [0, 0.05) is 11.4 Å². The van der Waals surface area contributed by atoms with Gasteiger partial charge in [0.15, 0.2) is 0 Å². The van der Waals surface area contributed by atoms with E-state index in [9.17, 15) is 0 Å². The van der Waals surface area contributed by atoms with Crippen molar-refractivity contribution in [1.82, 2.24) is 10.3 Å². The van der Waals surface area contributed by atoms with Crippen molar-refractivity contribution in [2.45, 2.75) is 26.8 Å². The molecule has 0 saturated heterocycles. The van der Waals surface area contributed by atoms with E-state index in [1.54, 1.807) is 6.26 Å². The summed E-state index contributed by atoms with van der Waals surface area (Å²) in [6.45, 7) is 6.98. The molecule has 1 atom stereocenters. The molecule has 2 aromatic heterocycles. The van der Waals surface area contributed by atoms with Crippen LogP contribution in [-0.2, 0) is 0 Å². The van der Waals surface area contributed by atoms with Gasteiger partial charge in [-0.2, -0.15) is 0 Å². The maximum atomic E-state index is 5.58. The van der Waals surface area contributed by atoms with Crippen LogP contribution >= 0.6 is 15.9 Å². The molecule has 0 aliphatic heterocycles. The third kappa shape index (κ3) is 2.82. The maximum Gasteiger partial charge on any atom is 0.139 e. The molecule has 1 N–H and O–H groups in total. The Kier molecular flexibility index (Phi) is 4.19. The summed E-state index contributed by atoms with van der Waals surface area (Å²) in [6, 6.07) is 6.16. The lowest BCUT2D eigenvalue weighted by Gasteiger charge is -2.17. The Labute approximate surface area is 116 Å². The monoisotopic (exact) mass is 308 g/mol. The summed E-state index contributed by atoms with van der Waals surface area (Å²) in [4.78, 5) is 4.41. The van der Waals surface area contributed by atoms with Crippen molar-refractivity contribution < 1.29 is 4.42 Å². The third-order valence-electron chi connectivity index (χ3n) is 2.75. The first-order chi connectivity index (χ1) is 8.61. The second-order valence-electron chi connectivity index (χ2n) is 4.31. The third-order valence-corrected chi connectivity index (χ3v) is 3.41. The average Bonchev–Trinajstić information content (AvgIpc) is 2.71. The molecule has 0 aromatic carbocycles. The fourth-order valence-corrected chi connectivity index (χ4v) is 2.54. The van der Waals surface area contributed by atoms with Crippen molar-refractivity contribution in [3.05, 3.63) is 51.6 Å². The molecule has 4 heteroatoms. The molecular weight excluding hydrogens is 292 g/mol. The second-order valence-corrected chi connectivity index (χ2v) is 5.16. The maximum absolute atomic E-state index is 5.58. The Hall–Kier alpha value is -1.13. The molecule has 1 unspecified atom stereocenters. The Morgan fingerprint density at radius 3 is 2.50 bits per heavy atom. The number of halogens is 1. The fourth-order valence-electron chi connectivity index (χ4n) is 2.11. The van der Waals surface area contributed by atoms with Crippen LogP contribution in [0.15, 0.2) is 33.4 Å². The number of aromatic nitrogens is 1. The van der Waals surface area contributed by atoms with Crippen LogP contribution < -0.4 is 5.32 Å². The number of furan rings is 1. The lowest BCUT2D eigenvalue weighted by molar-refractivity contribution is 0.449. The van der Waals surface area contributed by atoms with Gasteiger partial charge in [-0.15, -0.1) is 0 Å². The first kappa shape index (κ1) is 13.3. The predicted octanol–water partition coefficient (Wildman–Crippen LogP) is 3.75. The minimum Gasteiger partial charge on any atom is -0.466 e. The van der Waals surface area contributed by atoms with Crippen LogP contribution in [0.4, 0.5) is 0 Å². The van der Waals surface area contributed by atoms with Crippen molar-refractivity contribution in [1.29, 1.82) is 0 Å². The van der Waals surface area contributed by atoms with E-state index in [0.717, 1.165) is 28.2 Å². The molecule has 0 spiro atoms. The molecule has 0 amide bonds. The number of aryl methyl sites for hydroxylation is 2. The lowest BCUT2D eigenvalue weighted by Crippen LogP contribution is -2.22. The van der Waals surface area contributed by atoms with Gasteiger partial charge in [0.2, 0.25) is 0 Å². The first-order valence-corrected chi connectivity index (χ1v) is 6.82. The van der Waals surface area contributed by atoms with Crippen LogP contribution in [-0.4, -0.2) is 11.5 Å². The van der Waals surface area contributed by atoms with Gasteiger partial charge in [-0.05, 0) is 60.1 Å². The van der Waals surface area contributed by atoms with Gasteiger partial charge in [0.05, 0.1) is 16.8 Å². The van der Waals surface area contributed by atoms with Gasteiger partial charge in [0.25, 0.3) is 0 Å². The number of hydrogen-bond acceptors (Lipinski definition) is 3. The molecule has 0 radical (unpaired) electrons. The summed E-state index contributed by atoms with van der Waals surface area (Å²) in [7, 11) is 0. The van der Waals surface area contributed by atoms with Crippen LogP contribution in [0.1, 0.15) is 35.7 Å². The smallest absolute Gasteiger partial charge is 0.139 e. The molecule has 0 aliphatic carbocycles. The van der Waals surface area contributed by atoms with E-state index < -0.39 is 0 Å². The van der Waals surface area contributed by atoms with Crippen LogP contribution in [0.3, 0.4) is 0 Å². The summed E-state index contributed by atoms with van der Waals surface area (Å²) >= 11 is 3.52. The summed E-state index contributed by atoms with van der Waals surface area (Å²) in [5.74, 6) is 0.904. The molecule has 3 nitrogen and oxygen atoms in total. The van der Waals surface area contributed by atoms with Gasteiger partial charge in [-0.25, -0.2) is 0 Å². The van der Waals surface area contributed by atoms with E-state index in [2.05, 4.69) is 45.3 Å². The molecular formula is C14H17BrN2O. The Morgan fingerprint density at radius 1 is 1.33 bits per heavy atom.